The molecule has 0 rings (SSSR count). The Kier molecular flexibility index (Phi) is 24.5. The van der Waals surface area contributed by atoms with Gasteiger partial charge in [-0.15, -0.1) is 0 Å². The molecule has 0 aliphatic carbocycles. The van der Waals surface area contributed by atoms with Crippen molar-refractivity contribution in [3.05, 3.63) is 0 Å². The number of hydrogen-bond donors (Lipinski definition) is 0. The van der Waals surface area contributed by atoms with Gasteiger partial charge in [0.15, 0.2) is 0 Å². The van der Waals surface area contributed by atoms with E-state index in [4.69, 9.17) is 17.5 Å². The molecule has 0 spiro atoms. The molecule has 2 N–H and O–H groups in total. The van der Waals surface area contributed by atoms with Crippen molar-refractivity contribution in [3.8, 4) is 0 Å². The smallest absolute Gasteiger partial charge is 0.759 e. The molecule has 0 heterocycles. The summed E-state index contributed by atoms with van der Waals surface area (Å²) in [6.45, 7) is 0. The topological polar surface area (TPSA) is 112 Å². The van der Waals surface area contributed by atoms with Gasteiger partial charge in [0.05, 0.1) is 0 Å². The van der Waals surface area contributed by atoms with E-state index in [-0.39, 0.29) is 60.1 Å². The van der Waals surface area contributed by atoms with Gasteiger partial charge in [-0.3, -0.25) is 8.42 Å². The molecular weight excluding hydrogens is 526 g/mol. The van der Waals surface area contributed by atoms with Gasteiger partial charge in [0.25, 0.3) is 0 Å². The van der Waals surface area contributed by atoms with Crippen LogP contribution in [0.15, 0.2) is 0 Å². The van der Waals surface area contributed by atoms with E-state index < -0.39 is 10.4 Å². The van der Waals surface area contributed by atoms with Crippen LogP contribution in [0, 0.1) is 0 Å². The molecule has 0 amide bonds. The fourth-order valence-corrected chi connectivity index (χ4v) is 0. The van der Waals surface area contributed by atoms with E-state index in [2.05, 4.69) is 0 Å². The Morgan fingerprint density at radius 1 is 1.12 bits per heavy atom. The van der Waals surface area contributed by atoms with E-state index in [1.165, 1.54) is 0 Å². The Morgan fingerprint density at radius 2 is 1.12 bits per heavy atom. The maximum absolute atomic E-state index is 8.52. The Morgan fingerprint density at radius 3 is 1.12 bits per heavy atom. The van der Waals surface area contributed by atoms with E-state index in [0.717, 1.165) is 0 Å². The molecule has 6 radical (unpaired) electrons. The quantitative estimate of drug-likeness (QED) is 0.191. The van der Waals surface area contributed by atoms with Gasteiger partial charge in [0.2, 0.25) is 0 Å². The van der Waals surface area contributed by atoms with Crippen LogP contribution in [0.2, 0.25) is 0 Å². The van der Waals surface area contributed by atoms with Gasteiger partial charge < -0.3 is 14.6 Å². The van der Waals surface area contributed by atoms with E-state index >= 15 is 0 Å². The SMILES string of the molecule is O.O=S(=O)([O-])[O-].[Pb+2].[Pb]. The van der Waals surface area contributed by atoms with Gasteiger partial charge in [-0.25, -0.2) is 0 Å². The number of rotatable bonds is 0. The molecule has 0 bridgehead atoms. The fraction of sp³-hybridized carbons (Fsp3) is 0. The van der Waals surface area contributed by atoms with E-state index in [9.17, 15) is 0 Å². The second kappa shape index (κ2) is 8.67. The van der Waals surface area contributed by atoms with Crippen LogP contribution in [0.4, 0.5) is 0 Å². The molecule has 0 atom stereocenters. The summed E-state index contributed by atoms with van der Waals surface area (Å²) >= 11 is 0. The maximum atomic E-state index is 8.52. The van der Waals surface area contributed by atoms with Crippen LogP contribution in [0.1, 0.15) is 0 Å². The summed E-state index contributed by atoms with van der Waals surface area (Å²) in [5, 5.41) is 0. The van der Waals surface area contributed by atoms with Crippen LogP contribution in [0.3, 0.4) is 0 Å². The zero-order chi connectivity index (χ0) is 4.50. The van der Waals surface area contributed by atoms with Gasteiger partial charge in [0.1, 0.15) is 0 Å². The second-order valence-electron chi connectivity index (χ2n) is 0.408. The minimum atomic E-state index is -5.17. The molecule has 0 fully saturated rings. The van der Waals surface area contributed by atoms with Crippen LogP contribution in [-0.4, -0.2) is 77.6 Å². The van der Waals surface area contributed by atoms with Gasteiger partial charge >= 0.3 is 27.3 Å². The fourth-order valence-electron chi connectivity index (χ4n) is 0. The van der Waals surface area contributed by atoms with E-state index in [1.54, 1.807) is 0 Å². The van der Waals surface area contributed by atoms with Crippen LogP contribution in [0.25, 0.3) is 0 Å². The van der Waals surface area contributed by atoms with Crippen molar-refractivity contribution < 1.29 is 23.0 Å². The average Bonchev–Trinajstić information content (AvgIpc) is 0.722. The minimum Gasteiger partial charge on any atom is -0.759 e. The molecule has 5 nitrogen and oxygen atoms in total. The summed E-state index contributed by atoms with van der Waals surface area (Å²) in [6, 6.07) is 0. The van der Waals surface area contributed by atoms with E-state index in [1.807, 2.05) is 0 Å². The van der Waals surface area contributed by atoms with Crippen LogP contribution >= 0.6 is 0 Å². The molecule has 0 saturated carbocycles. The average molecular weight is 528 g/mol. The Balaban J connectivity index is -0.0000000267. The van der Waals surface area contributed by atoms with Crippen molar-refractivity contribution in [2.75, 3.05) is 0 Å². The Hall–Kier alpha value is 1.67. The third kappa shape index (κ3) is 122. The zero-order valence-electron chi connectivity index (χ0n) is 3.54. The summed E-state index contributed by atoms with van der Waals surface area (Å²) in [7, 11) is -5.17. The van der Waals surface area contributed by atoms with Crippen molar-refractivity contribution >= 4 is 65.0 Å². The summed E-state index contributed by atoms with van der Waals surface area (Å²) in [4.78, 5) is 0. The molecule has 0 aliphatic heterocycles. The normalized spacial score (nSPS) is 7.25. The summed E-state index contributed by atoms with van der Waals surface area (Å²) in [6.07, 6.45) is 0. The first-order valence-corrected chi connectivity index (χ1v) is 2.00. The van der Waals surface area contributed by atoms with Crippen molar-refractivity contribution in [1.29, 1.82) is 0 Å². The molecule has 0 saturated heterocycles. The van der Waals surface area contributed by atoms with Crippen molar-refractivity contribution in [2.24, 2.45) is 0 Å². The maximum Gasteiger partial charge on any atom is 2.00 e. The predicted molar refractivity (Wildman–Crippen MR) is 25.6 cm³/mol. The van der Waals surface area contributed by atoms with Crippen LogP contribution in [0.5, 0.6) is 0 Å². The van der Waals surface area contributed by atoms with Gasteiger partial charge in [-0.05, 0) is 0 Å². The summed E-state index contributed by atoms with van der Waals surface area (Å²) < 4.78 is 34.1. The molecule has 46 valence electrons. The monoisotopic (exact) mass is 530 g/mol. The zero-order valence-corrected chi connectivity index (χ0v) is 12.1. The number of hydrogen-bond acceptors (Lipinski definition) is 4. The standard InChI is InChI=1S/H2O4S.H2O.2Pb/c1-5(2,3)4;;;/h(H2,1,2,3,4);1H2;;/q;;;+2/p-2. The first-order valence-electron chi connectivity index (χ1n) is 0.667. The molecule has 0 aromatic carbocycles. The first kappa shape index (κ1) is 22.6. The first-order chi connectivity index (χ1) is 2.00. The van der Waals surface area contributed by atoms with Crippen molar-refractivity contribution in [2.45, 2.75) is 0 Å². The molecule has 0 aromatic rings. The van der Waals surface area contributed by atoms with E-state index in [0.29, 0.717) is 0 Å². The van der Waals surface area contributed by atoms with Gasteiger partial charge in [-0.1, -0.05) is 0 Å². The van der Waals surface area contributed by atoms with Crippen molar-refractivity contribution in [1.82, 2.24) is 0 Å². The summed E-state index contributed by atoms with van der Waals surface area (Å²) in [5.74, 6) is 0. The molecule has 0 aliphatic rings. The largest absolute Gasteiger partial charge is 2.00 e. The molecule has 0 unspecified atom stereocenters. The molecule has 8 heavy (non-hydrogen) atoms. The van der Waals surface area contributed by atoms with Crippen molar-refractivity contribution in [3.63, 3.8) is 0 Å². The molecule has 8 heteroatoms. The van der Waals surface area contributed by atoms with Crippen LogP contribution in [-0.2, 0) is 10.4 Å². The Labute approximate surface area is 87.1 Å². The third-order valence-corrected chi connectivity index (χ3v) is 0. The van der Waals surface area contributed by atoms with Crippen LogP contribution < -0.4 is 0 Å². The molecule has 0 aromatic heterocycles. The minimum absolute atomic E-state index is 0. The second-order valence-corrected chi connectivity index (χ2v) is 1.22. The van der Waals surface area contributed by atoms with Gasteiger partial charge in [-0.2, -0.15) is 0 Å². The predicted octanol–water partition coefficient (Wildman–Crippen LogP) is -2.92. The Bertz CT molecular complexity index is 93.6. The van der Waals surface area contributed by atoms with Gasteiger partial charge in [0, 0.05) is 37.7 Å². The summed E-state index contributed by atoms with van der Waals surface area (Å²) in [5.41, 5.74) is 0. The third-order valence-electron chi connectivity index (χ3n) is 0. The molecular formula is H2O5Pb2S.